The molecule has 2 fully saturated rings. The molecule has 4 rings (SSSR count). The third kappa shape index (κ3) is 5.67. The van der Waals surface area contributed by atoms with E-state index < -0.39 is 35.2 Å². The molecule has 2 aliphatic rings. The molecule has 1 aliphatic carbocycles. The van der Waals surface area contributed by atoms with Crippen molar-refractivity contribution in [3.63, 3.8) is 0 Å². The van der Waals surface area contributed by atoms with Gasteiger partial charge in [0.1, 0.15) is 0 Å². The van der Waals surface area contributed by atoms with Crippen LogP contribution in [0.2, 0.25) is 0 Å². The van der Waals surface area contributed by atoms with Crippen LogP contribution in [0, 0.1) is 17.6 Å². The molecule has 1 heterocycles. The van der Waals surface area contributed by atoms with Crippen LogP contribution in [0.4, 0.5) is 32.4 Å². The van der Waals surface area contributed by atoms with Crippen molar-refractivity contribution < 1.29 is 36.2 Å². The summed E-state index contributed by atoms with van der Waals surface area (Å²) < 4.78 is 78.0. The number of nitrogens with zero attached hydrogens (tertiary/aromatic N) is 1. The first-order valence-corrected chi connectivity index (χ1v) is 12.5. The Morgan fingerprint density at radius 3 is 2.47 bits per heavy atom. The summed E-state index contributed by atoms with van der Waals surface area (Å²) in [5.74, 6) is -2.50. The number of carbonyl (C=O) groups is 1. The van der Waals surface area contributed by atoms with Crippen molar-refractivity contribution in [3.8, 4) is 11.5 Å². The van der Waals surface area contributed by atoms with Gasteiger partial charge < -0.3 is 20.1 Å². The Morgan fingerprint density at radius 2 is 1.82 bits per heavy atom. The molecule has 208 valence electrons. The lowest BCUT2D eigenvalue weighted by Gasteiger charge is -2.46. The first-order valence-electron chi connectivity index (χ1n) is 12.5. The van der Waals surface area contributed by atoms with Crippen molar-refractivity contribution in [1.82, 2.24) is 10.2 Å². The summed E-state index contributed by atoms with van der Waals surface area (Å²) in [7, 11) is 3.08. The van der Waals surface area contributed by atoms with E-state index in [1.165, 1.54) is 27.2 Å². The number of carbonyl (C=O) groups excluding carboxylic acids is 1. The van der Waals surface area contributed by atoms with Gasteiger partial charge in [0.2, 0.25) is 0 Å². The monoisotopic (exact) mass is 541 g/mol. The molecular formula is C27H32F5N3O3. The zero-order chi connectivity index (χ0) is 27.7. The van der Waals surface area contributed by atoms with Crippen LogP contribution in [0.3, 0.4) is 0 Å². The van der Waals surface area contributed by atoms with Crippen molar-refractivity contribution in [2.45, 2.75) is 56.3 Å². The van der Waals surface area contributed by atoms with E-state index in [1.807, 2.05) is 17.0 Å². The van der Waals surface area contributed by atoms with Crippen molar-refractivity contribution >= 4 is 11.7 Å². The van der Waals surface area contributed by atoms with Gasteiger partial charge in [-0.3, -0.25) is 4.90 Å². The topological polar surface area (TPSA) is 62.8 Å². The van der Waals surface area contributed by atoms with Gasteiger partial charge in [0, 0.05) is 35.8 Å². The number of anilines is 1. The summed E-state index contributed by atoms with van der Waals surface area (Å²) in [5, 5.41) is 5.37. The summed E-state index contributed by atoms with van der Waals surface area (Å²) in [4.78, 5) is 14.5. The Morgan fingerprint density at radius 1 is 1.08 bits per heavy atom. The fourth-order valence-corrected chi connectivity index (χ4v) is 5.86. The molecule has 2 aromatic rings. The molecule has 4 atom stereocenters. The second-order valence-corrected chi connectivity index (χ2v) is 10.1. The molecule has 1 saturated heterocycles. The highest BCUT2D eigenvalue weighted by Gasteiger charge is 2.53. The maximum Gasteiger partial charge on any atom is 0.392 e. The van der Waals surface area contributed by atoms with Gasteiger partial charge in [0.25, 0.3) is 0 Å². The Balaban J connectivity index is 1.56. The van der Waals surface area contributed by atoms with Crippen LogP contribution >= 0.6 is 0 Å². The first kappa shape index (κ1) is 27.9. The molecule has 0 radical (unpaired) electrons. The molecule has 0 bridgehead atoms. The van der Waals surface area contributed by atoms with Crippen LogP contribution in [0.5, 0.6) is 11.5 Å². The van der Waals surface area contributed by atoms with E-state index in [-0.39, 0.29) is 24.3 Å². The zero-order valence-corrected chi connectivity index (χ0v) is 21.5. The zero-order valence-electron chi connectivity index (χ0n) is 21.5. The maximum absolute atomic E-state index is 13.5. The van der Waals surface area contributed by atoms with Crippen LogP contribution < -0.4 is 20.1 Å². The quantitative estimate of drug-likeness (QED) is 0.431. The fraction of sp³-hybridized carbons (Fsp3) is 0.519. The van der Waals surface area contributed by atoms with Crippen LogP contribution in [0.25, 0.3) is 0 Å². The predicted octanol–water partition coefficient (Wildman–Crippen LogP) is 5.87. The van der Waals surface area contributed by atoms with Crippen molar-refractivity contribution in [1.29, 1.82) is 0 Å². The molecule has 1 unspecified atom stereocenters. The Hall–Kier alpha value is -3.08. The summed E-state index contributed by atoms with van der Waals surface area (Å²) in [6.07, 6.45) is -1.97. The number of urea groups is 1. The number of hydrogen-bond donors (Lipinski definition) is 2. The minimum atomic E-state index is -4.31. The van der Waals surface area contributed by atoms with Gasteiger partial charge in [-0.05, 0) is 62.1 Å². The number of nitrogens with one attached hydrogen (secondary N) is 2. The standard InChI is InChI=1S/C27H32F5N3O3/c1-16(27(30,31)32)15-35-11-10-26(17-4-7-22(37-2)23(12-17)38-3)9-8-19(14-24(26)35)34-25(36)33-18-5-6-20(28)21(29)13-18/h4-7,12-13,16,19,24H,8-11,14-15H2,1-3H3,(H2,33,34,36)/t16?,19-,24+,26-/m0/s1. The minimum absolute atomic E-state index is 0.0957. The highest BCUT2D eigenvalue weighted by molar-refractivity contribution is 5.89. The number of halogens is 5. The number of fused-ring (bicyclic) bond motifs is 1. The molecular weight excluding hydrogens is 509 g/mol. The number of ether oxygens (including phenoxy) is 2. The smallest absolute Gasteiger partial charge is 0.392 e. The number of alkyl halides is 3. The second kappa shape index (κ2) is 11.0. The number of amides is 2. The lowest BCUT2D eigenvalue weighted by atomic mass is 9.65. The van der Waals surface area contributed by atoms with Gasteiger partial charge in [-0.1, -0.05) is 13.0 Å². The van der Waals surface area contributed by atoms with Gasteiger partial charge in [-0.2, -0.15) is 13.2 Å². The van der Waals surface area contributed by atoms with Gasteiger partial charge in [0.05, 0.1) is 20.1 Å². The van der Waals surface area contributed by atoms with Gasteiger partial charge in [-0.25, -0.2) is 13.6 Å². The molecule has 2 N–H and O–H groups in total. The molecule has 1 saturated carbocycles. The highest BCUT2D eigenvalue weighted by Crippen LogP contribution is 2.51. The maximum atomic E-state index is 13.5. The van der Waals surface area contributed by atoms with Gasteiger partial charge in [-0.15, -0.1) is 0 Å². The molecule has 2 amide bonds. The molecule has 0 spiro atoms. The summed E-state index contributed by atoms with van der Waals surface area (Å²) in [5.41, 5.74) is 0.643. The van der Waals surface area contributed by atoms with Crippen molar-refractivity contribution in [2.75, 3.05) is 32.6 Å². The lowest BCUT2D eigenvalue weighted by molar-refractivity contribution is -0.175. The van der Waals surface area contributed by atoms with Gasteiger partial charge in [0.15, 0.2) is 23.1 Å². The molecule has 6 nitrogen and oxygen atoms in total. The number of likely N-dealkylation sites (tertiary alicyclic amines) is 1. The number of methoxy groups -OCH3 is 2. The number of hydrogen-bond acceptors (Lipinski definition) is 4. The SMILES string of the molecule is COc1ccc([C@@]23CC[C@H](NC(=O)Nc4ccc(F)c(F)c4)C[C@H]2N(CC(C)C(F)(F)F)CC3)cc1OC. The van der Waals surface area contributed by atoms with E-state index >= 15 is 0 Å². The summed E-state index contributed by atoms with van der Waals surface area (Å²) >= 11 is 0. The summed E-state index contributed by atoms with van der Waals surface area (Å²) in [6, 6.07) is 7.52. The van der Waals surface area contributed by atoms with E-state index in [9.17, 15) is 26.7 Å². The largest absolute Gasteiger partial charge is 0.493 e. The van der Waals surface area contributed by atoms with Crippen LogP contribution in [0.1, 0.15) is 38.2 Å². The Labute approximate surface area is 218 Å². The van der Waals surface area contributed by atoms with Crippen LogP contribution in [-0.2, 0) is 5.41 Å². The second-order valence-electron chi connectivity index (χ2n) is 10.1. The normalized spacial score (nSPS) is 24.4. The fourth-order valence-electron chi connectivity index (χ4n) is 5.86. The molecule has 0 aromatic heterocycles. The van der Waals surface area contributed by atoms with Crippen molar-refractivity contribution in [3.05, 3.63) is 53.6 Å². The van der Waals surface area contributed by atoms with Crippen LogP contribution in [0.15, 0.2) is 36.4 Å². The van der Waals surface area contributed by atoms with E-state index in [2.05, 4.69) is 10.6 Å². The third-order valence-electron chi connectivity index (χ3n) is 7.91. The Bertz CT molecular complexity index is 1160. The van der Waals surface area contributed by atoms with Gasteiger partial charge >= 0.3 is 12.2 Å². The summed E-state index contributed by atoms with van der Waals surface area (Å²) in [6.45, 7) is 1.54. The average molecular weight is 542 g/mol. The third-order valence-corrected chi connectivity index (χ3v) is 7.91. The minimum Gasteiger partial charge on any atom is -0.493 e. The molecule has 38 heavy (non-hydrogen) atoms. The van der Waals surface area contributed by atoms with E-state index in [1.54, 1.807) is 6.07 Å². The highest BCUT2D eigenvalue weighted by atomic mass is 19.4. The average Bonchev–Trinajstić information content (AvgIpc) is 3.23. The molecule has 11 heteroatoms. The van der Waals surface area contributed by atoms with E-state index in [4.69, 9.17) is 9.47 Å². The predicted molar refractivity (Wildman–Crippen MR) is 133 cm³/mol. The van der Waals surface area contributed by atoms with Crippen LogP contribution in [-0.4, -0.2) is 56.5 Å². The lowest BCUT2D eigenvalue weighted by Crippen LogP contribution is -2.54. The Kier molecular flexibility index (Phi) is 8.06. The molecule has 2 aromatic carbocycles. The van der Waals surface area contributed by atoms with E-state index in [0.717, 1.165) is 17.7 Å². The van der Waals surface area contributed by atoms with E-state index in [0.29, 0.717) is 43.7 Å². The molecule has 1 aliphatic heterocycles. The number of rotatable bonds is 7. The first-order chi connectivity index (χ1) is 18.0. The number of benzene rings is 2. The van der Waals surface area contributed by atoms with Crippen molar-refractivity contribution in [2.24, 2.45) is 5.92 Å².